The lowest BCUT2D eigenvalue weighted by Crippen LogP contribution is -2.51. The van der Waals surface area contributed by atoms with Crippen LogP contribution in [0.3, 0.4) is 0 Å². The van der Waals surface area contributed by atoms with Gasteiger partial charge >= 0.3 is 0 Å². The van der Waals surface area contributed by atoms with Gasteiger partial charge in [-0.05, 0) is 57.0 Å². The lowest BCUT2D eigenvalue weighted by atomic mass is 9.83. The first-order valence-corrected chi connectivity index (χ1v) is 11.1. The van der Waals surface area contributed by atoms with E-state index >= 15 is 0 Å². The maximum absolute atomic E-state index is 13.1. The van der Waals surface area contributed by atoms with Gasteiger partial charge in [0.05, 0.1) is 11.7 Å². The van der Waals surface area contributed by atoms with Crippen molar-refractivity contribution in [3.63, 3.8) is 0 Å². The molecule has 1 aromatic carbocycles. The van der Waals surface area contributed by atoms with E-state index in [1.165, 1.54) is 0 Å². The second-order valence-electron chi connectivity index (χ2n) is 9.27. The Kier molecular flexibility index (Phi) is 10.5. The first-order valence-electron chi connectivity index (χ1n) is 10.2. The average molecular weight is 535 g/mol. The predicted octanol–water partition coefficient (Wildman–Crippen LogP) is 7.23. The average Bonchev–Trinajstić information content (AvgIpc) is 2.67. The summed E-state index contributed by atoms with van der Waals surface area (Å²) in [6.07, 6.45) is 9.18. The molecule has 31 heavy (non-hydrogen) atoms. The van der Waals surface area contributed by atoms with Gasteiger partial charge in [0.15, 0.2) is 34.5 Å². The monoisotopic (exact) mass is 535 g/mol. The molecule has 0 amide bonds. The van der Waals surface area contributed by atoms with Crippen molar-refractivity contribution < 1.29 is 7.86 Å². The molecule has 6 heteroatoms. The van der Waals surface area contributed by atoms with Gasteiger partial charge in [-0.2, -0.15) is 5.11 Å². The summed E-state index contributed by atoms with van der Waals surface area (Å²) in [6, 6.07) is 5.40. The number of Topliss-reactive ketones (excluding diaryl/α,β-unsaturated/α-hetero) is 1. The van der Waals surface area contributed by atoms with E-state index in [9.17, 15) is 4.79 Å². The number of nitrogens with zero attached hydrogens (tertiary/aromatic N) is 2. The minimum atomic E-state index is -0.446. The number of azo groups is 1. The first-order chi connectivity index (χ1) is 14.4. The summed E-state index contributed by atoms with van der Waals surface area (Å²) in [5.41, 5.74) is 1.56. The maximum Gasteiger partial charge on any atom is 0.192 e. The van der Waals surface area contributed by atoms with E-state index in [4.69, 9.17) is 3.07 Å². The van der Waals surface area contributed by atoms with Crippen molar-refractivity contribution in [2.75, 3.05) is 0 Å². The van der Waals surface area contributed by atoms with E-state index in [0.29, 0.717) is 23.6 Å². The number of carbonyl (C=O) groups is 1. The highest BCUT2D eigenvalue weighted by Crippen LogP contribution is 2.32. The van der Waals surface area contributed by atoms with Gasteiger partial charge in [0.1, 0.15) is 5.69 Å². The third kappa shape index (κ3) is 9.74. The number of hydrogen-bond acceptors (Lipinski definition) is 5. The molecule has 168 valence electrons. The molecule has 0 fully saturated rings. The number of allylic oxidation sites excluding steroid dienone is 5. The zero-order valence-corrected chi connectivity index (χ0v) is 21.6. The molecular formula is C25H34IN3O2. The van der Waals surface area contributed by atoms with Gasteiger partial charge in [0.2, 0.25) is 0 Å². The van der Waals surface area contributed by atoms with Crippen molar-refractivity contribution in [2.24, 2.45) is 15.6 Å². The van der Waals surface area contributed by atoms with Gasteiger partial charge in [0.25, 0.3) is 0 Å². The van der Waals surface area contributed by atoms with Crippen LogP contribution in [0, 0.1) is 5.41 Å². The van der Waals surface area contributed by atoms with Crippen LogP contribution in [0.1, 0.15) is 47.1 Å². The Balaban J connectivity index is 3.29. The number of benzene rings is 1. The lowest BCUT2D eigenvalue weighted by molar-refractivity contribution is -0.128. The van der Waals surface area contributed by atoms with E-state index in [1.807, 2.05) is 62.0 Å². The van der Waals surface area contributed by atoms with Crippen LogP contribution in [0.4, 0.5) is 5.69 Å². The maximum atomic E-state index is 13.1. The van der Waals surface area contributed by atoms with Crippen LogP contribution in [0.5, 0.6) is 5.75 Å². The van der Waals surface area contributed by atoms with Gasteiger partial charge in [0, 0.05) is 11.0 Å². The van der Waals surface area contributed by atoms with Crippen LogP contribution in [0.2, 0.25) is 0 Å². The molecule has 0 aromatic heterocycles. The highest BCUT2D eigenvalue weighted by Gasteiger charge is 2.32. The molecular weight excluding hydrogens is 501 g/mol. The molecule has 0 radical (unpaired) electrons. The summed E-state index contributed by atoms with van der Waals surface area (Å²) in [5.74, 6) is 0.770. The Labute approximate surface area is 201 Å². The van der Waals surface area contributed by atoms with Crippen LogP contribution in [-0.4, -0.2) is 17.4 Å². The number of carbonyl (C=O) groups excluding carboxylic acids is 1. The van der Waals surface area contributed by atoms with Gasteiger partial charge in [-0.1, -0.05) is 58.2 Å². The molecule has 0 spiro atoms. The molecule has 1 rings (SSSR count). The molecule has 0 aliphatic carbocycles. The van der Waals surface area contributed by atoms with E-state index in [-0.39, 0.29) is 17.4 Å². The summed E-state index contributed by atoms with van der Waals surface area (Å²) >= 11 is 1.83. The summed E-state index contributed by atoms with van der Waals surface area (Å²) in [7, 11) is 0. The van der Waals surface area contributed by atoms with Crippen molar-refractivity contribution in [2.45, 2.75) is 59.5 Å². The molecule has 1 atom stereocenters. The molecule has 0 heterocycles. The van der Waals surface area contributed by atoms with Crippen LogP contribution in [0.15, 0.2) is 77.7 Å². The van der Waals surface area contributed by atoms with Crippen molar-refractivity contribution >= 4 is 34.5 Å². The highest BCUT2D eigenvalue weighted by molar-refractivity contribution is 14.1. The van der Waals surface area contributed by atoms with Crippen LogP contribution in [0.25, 0.3) is 0 Å². The number of rotatable bonds is 10. The zero-order valence-electron chi connectivity index (χ0n) is 19.4. The standard InChI is InChI=1S/C25H34IN3O2/c1-9-11-13-19(12-10-2)28-29-20-16-18(14-15-22(20)31-26)17-21(27-25(6,7)8)23(30)24(3,4)5/h9-16,21,27H,1-2,17H2,3-8H3/b13-11-,19-12+,29-28?. The second-order valence-corrected chi connectivity index (χ2v) is 9.71. The summed E-state index contributed by atoms with van der Waals surface area (Å²) < 4.78 is 5.42. The van der Waals surface area contributed by atoms with Crippen molar-refractivity contribution in [1.82, 2.24) is 5.32 Å². The van der Waals surface area contributed by atoms with Gasteiger partial charge in [-0.3, -0.25) is 4.79 Å². The smallest absolute Gasteiger partial charge is 0.192 e. The quantitative estimate of drug-likeness (QED) is 0.195. The molecule has 1 unspecified atom stereocenters. The SMILES string of the molecule is C=C/C=C\C(=C/C=C)N=Nc1cc(CC(NC(C)(C)C)C(=O)C(C)(C)C)ccc1OI. The van der Waals surface area contributed by atoms with Gasteiger partial charge < -0.3 is 8.38 Å². The fourth-order valence-electron chi connectivity index (χ4n) is 2.84. The Bertz CT molecular complexity index is 872. The Morgan fingerprint density at radius 1 is 1.19 bits per heavy atom. The fourth-order valence-corrected chi connectivity index (χ4v) is 3.22. The Morgan fingerprint density at radius 3 is 2.39 bits per heavy atom. The van der Waals surface area contributed by atoms with E-state index in [0.717, 1.165) is 5.56 Å². The van der Waals surface area contributed by atoms with E-state index in [1.54, 1.807) is 30.4 Å². The topological polar surface area (TPSA) is 63.0 Å². The molecule has 1 aromatic rings. The summed E-state index contributed by atoms with van der Waals surface area (Å²) in [5, 5.41) is 12.1. The minimum absolute atomic E-state index is 0.172. The number of ketones is 1. The molecule has 0 aliphatic heterocycles. The van der Waals surface area contributed by atoms with E-state index < -0.39 is 5.41 Å². The van der Waals surface area contributed by atoms with E-state index in [2.05, 4.69) is 49.5 Å². The Morgan fingerprint density at radius 2 is 1.87 bits per heavy atom. The van der Waals surface area contributed by atoms with Crippen LogP contribution in [-0.2, 0) is 11.2 Å². The van der Waals surface area contributed by atoms with Crippen molar-refractivity contribution in [3.05, 3.63) is 73.0 Å². The summed E-state index contributed by atoms with van der Waals surface area (Å²) in [4.78, 5) is 13.1. The summed E-state index contributed by atoms with van der Waals surface area (Å²) in [6.45, 7) is 19.4. The van der Waals surface area contributed by atoms with Gasteiger partial charge in [-0.15, -0.1) is 5.11 Å². The predicted molar refractivity (Wildman–Crippen MR) is 138 cm³/mol. The molecule has 0 saturated heterocycles. The number of halogens is 1. The molecule has 1 N–H and O–H groups in total. The fraction of sp³-hybridized carbons (Fsp3) is 0.400. The first kappa shape index (κ1) is 27.0. The second kappa shape index (κ2) is 12.1. The number of nitrogens with one attached hydrogen (secondary N) is 1. The third-order valence-electron chi connectivity index (χ3n) is 4.17. The lowest BCUT2D eigenvalue weighted by Gasteiger charge is -2.32. The molecule has 0 bridgehead atoms. The Hall–Kier alpha value is -2.06. The zero-order chi connectivity index (χ0) is 23.7. The van der Waals surface area contributed by atoms with Crippen molar-refractivity contribution in [3.8, 4) is 5.75 Å². The third-order valence-corrected chi connectivity index (χ3v) is 4.65. The molecule has 0 aliphatic rings. The minimum Gasteiger partial charge on any atom is -0.425 e. The highest BCUT2D eigenvalue weighted by atomic mass is 127. The van der Waals surface area contributed by atoms with Crippen LogP contribution >= 0.6 is 23.0 Å². The van der Waals surface area contributed by atoms with Crippen LogP contribution < -0.4 is 8.38 Å². The van der Waals surface area contributed by atoms with Gasteiger partial charge in [-0.25, -0.2) is 0 Å². The van der Waals surface area contributed by atoms with Crippen molar-refractivity contribution in [1.29, 1.82) is 0 Å². The largest absolute Gasteiger partial charge is 0.425 e. The number of hydrogen-bond donors (Lipinski definition) is 1. The molecule has 0 saturated carbocycles. The normalized spacial score (nSPS) is 14.1. The molecule has 5 nitrogen and oxygen atoms in total.